The molecule has 5 atom stereocenters. The second-order valence-corrected chi connectivity index (χ2v) is 10.4. The predicted molar refractivity (Wildman–Crippen MR) is 135 cm³/mol. The van der Waals surface area contributed by atoms with E-state index in [1.54, 1.807) is 0 Å². The SMILES string of the molecule is CNCc1ccc(C)cc1.[B]C1(C)CCC2(C)OC(C3=CCOC3=C)CC2C1CCCC. The van der Waals surface area contributed by atoms with Gasteiger partial charge in [0.2, 0.25) is 0 Å². The molecule has 5 unspecified atom stereocenters. The molecular formula is C28H42BNO2. The highest BCUT2D eigenvalue weighted by atomic mass is 16.5. The molecule has 2 radical (unpaired) electrons. The van der Waals surface area contributed by atoms with Gasteiger partial charge in [-0.2, -0.15) is 0 Å². The second kappa shape index (κ2) is 10.6. The lowest BCUT2D eigenvalue weighted by Crippen LogP contribution is -2.46. The van der Waals surface area contributed by atoms with Crippen LogP contribution in [0, 0.1) is 18.8 Å². The van der Waals surface area contributed by atoms with Crippen molar-refractivity contribution in [2.24, 2.45) is 11.8 Å². The Bertz CT molecular complexity index is 800. The highest BCUT2D eigenvalue weighted by Crippen LogP contribution is 2.59. The number of aryl methyl sites for hydroxylation is 1. The molecule has 4 heteroatoms. The van der Waals surface area contributed by atoms with E-state index in [0.717, 1.165) is 31.6 Å². The lowest BCUT2D eigenvalue weighted by atomic mass is 9.48. The first-order valence-corrected chi connectivity index (χ1v) is 12.4. The zero-order valence-corrected chi connectivity index (χ0v) is 20.9. The van der Waals surface area contributed by atoms with Crippen LogP contribution in [0.4, 0.5) is 0 Å². The molecule has 174 valence electrons. The number of nitrogens with one attached hydrogen (secondary N) is 1. The lowest BCUT2D eigenvalue weighted by molar-refractivity contribution is -0.0769. The lowest BCUT2D eigenvalue weighted by Gasteiger charge is -2.50. The third-order valence-corrected chi connectivity index (χ3v) is 7.76. The Morgan fingerprint density at radius 3 is 2.50 bits per heavy atom. The Labute approximate surface area is 197 Å². The Hall–Kier alpha value is -1.52. The second-order valence-electron chi connectivity index (χ2n) is 10.4. The van der Waals surface area contributed by atoms with Gasteiger partial charge in [-0.15, -0.1) is 0 Å². The summed E-state index contributed by atoms with van der Waals surface area (Å²) >= 11 is 0. The third kappa shape index (κ3) is 5.69. The number of benzene rings is 1. The molecule has 0 bridgehead atoms. The van der Waals surface area contributed by atoms with E-state index in [1.807, 2.05) is 7.05 Å². The van der Waals surface area contributed by atoms with Crippen molar-refractivity contribution in [3.8, 4) is 0 Å². The van der Waals surface area contributed by atoms with Crippen LogP contribution in [0.1, 0.15) is 70.4 Å². The molecule has 2 heterocycles. The molecule has 4 rings (SSSR count). The topological polar surface area (TPSA) is 30.5 Å². The van der Waals surface area contributed by atoms with Crippen molar-refractivity contribution in [2.45, 2.75) is 89.8 Å². The molecule has 1 aromatic rings. The molecule has 3 nitrogen and oxygen atoms in total. The van der Waals surface area contributed by atoms with Gasteiger partial charge >= 0.3 is 0 Å². The fraction of sp³-hybridized carbons (Fsp3) is 0.643. The zero-order valence-electron chi connectivity index (χ0n) is 20.9. The summed E-state index contributed by atoms with van der Waals surface area (Å²) in [5.74, 6) is 1.89. The Balaban J connectivity index is 0.000000243. The molecule has 1 aliphatic carbocycles. The number of rotatable bonds is 6. The minimum atomic E-state index is -0.0604. The molecule has 1 saturated heterocycles. The molecule has 3 aliphatic rings. The van der Waals surface area contributed by atoms with E-state index in [1.165, 1.54) is 36.0 Å². The van der Waals surface area contributed by atoms with Crippen LogP contribution < -0.4 is 5.32 Å². The van der Waals surface area contributed by atoms with Gasteiger partial charge in [-0.1, -0.05) is 81.3 Å². The average molecular weight is 435 g/mol. The van der Waals surface area contributed by atoms with Crippen molar-refractivity contribution in [3.05, 3.63) is 59.4 Å². The van der Waals surface area contributed by atoms with Crippen LogP contribution in [0.5, 0.6) is 0 Å². The van der Waals surface area contributed by atoms with Gasteiger partial charge in [-0.05, 0) is 57.2 Å². The molecule has 0 amide bonds. The van der Waals surface area contributed by atoms with Crippen LogP contribution in [0.2, 0.25) is 5.31 Å². The number of ether oxygens (including phenoxy) is 2. The van der Waals surface area contributed by atoms with Crippen LogP contribution in [-0.4, -0.2) is 33.2 Å². The standard InChI is InChI=1S/C19H29BO2.C9H13N/c1-5-6-7-15-16-12-17(14-8-11-21-13(14)2)22-19(16,4)10-9-18(15,3)20;1-8-3-5-9(6-4-8)7-10-2/h8,15-17H,2,5-7,9-12H2,1,3-4H3;3-6,10H,7H2,1-2H3. The van der Waals surface area contributed by atoms with Crippen molar-refractivity contribution in [3.63, 3.8) is 0 Å². The van der Waals surface area contributed by atoms with Gasteiger partial charge in [-0.3, -0.25) is 0 Å². The van der Waals surface area contributed by atoms with E-state index in [9.17, 15) is 0 Å². The minimum Gasteiger partial charge on any atom is -0.490 e. The van der Waals surface area contributed by atoms with E-state index in [2.05, 4.69) is 69.9 Å². The monoisotopic (exact) mass is 435 g/mol. The molecule has 1 aromatic carbocycles. The summed E-state index contributed by atoms with van der Waals surface area (Å²) in [6.45, 7) is 14.5. The van der Waals surface area contributed by atoms with Gasteiger partial charge in [0, 0.05) is 12.1 Å². The highest BCUT2D eigenvalue weighted by molar-refractivity contribution is 6.15. The quantitative estimate of drug-likeness (QED) is 0.534. The fourth-order valence-corrected chi connectivity index (χ4v) is 5.73. The van der Waals surface area contributed by atoms with Crippen molar-refractivity contribution in [2.75, 3.05) is 13.7 Å². The zero-order chi connectivity index (χ0) is 23.4. The summed E-state index contributed by atoms with van der Waals surface area (Å²) in [7, 11) is 8.65. The Kier molecular flexibility index (Phi) is 8.33. The van der Waals surface area contributed by atoms with Gasteiger partial charge in [-0.25, -0.2) is 0 Å². The van der Waals surface area contributed by atoms with E-state index in [4.69, 9.17) is 17.3 Å². The molecule has 1 N–H and O–H groups in total. The Morgan fingerprint density at radius 2 is 1.91 bits per heavy atom. The van der Waals surface area contributed by atoms with Crippen molar-refractivity contribution in [1.29, 1.82) is 0 Å². The largest absolute Gasteiger partial charge is 0.490 e. The van der Waals surface area contributed by atoms with Crippen molar-refractivity contribution < 1.29 is 9.47 Å². The summed E-state index contributed by atoms with van der Waals surface area (Å²) in [6, 6.07) is 8.55. The summed E-state index contributed by atoms with van der Waals surface area (Å²) < 4.78 is 12.1. The van der Waals surface area contributed by atoms with Gasteiger partial charge < -0.3 is 14.8 Å². The summed E-state index contributed by atoms with van der Waals surface area (Å²) in [5, 5.41) is 3.04. The van der Waals surface area contributed by atoms with Crippen molar-refractivity contribution >= 4 is 7.85 Å². The first kappa shape index (κ1) is 25.1. The molecule has 2 aliphatic heterocycles. The maximum atomic E-state index is 6.69. The minimum absolute atomic E-state index is 0.0360. The third-order valence-electron chi connectivity index (χ3n) is 7.76. The molecular weight excluding hydrogens is 393 g/mol. The van der Waals surface area contributed by atoms with Gasteiger partial charge in [0.25, 0.3) is 0 Å². The number of fused-ring (bicyclic) bond motifs is 1. The molecule has 0 aromatic heterocycles. The van der Waals surface area contributed by atoms with E-state index in [-0.39, 0.29) is 17.0 Å². The summed E-state index contributed by atoms with van der Waals surface area (Å²) in [6.07, 6.45) is 9.16. The number of hydrogen-bond acceptors (Lipinski definition) is 3. The van der Waals surface area contributed by atoms with Gasteiger partial charge in [0.15, 0.2) is 0 Å². The molecule has 0 spiro atoms. The molecule has 1 saturated carbocycles. The van der Waals surface area contributed by atoms with Crippen LogP contribution in [0.3, 0.4) is 0 Å². The normalized spacial score (nSPS) is 33.7. The molecule has 32 heavy (non-hydrogen) atoms. The first-order valence-electron chi connectivity index (χ1n) is 12.4. The smallest absolute Gasteiger partial charge is 0.118 e. The van der Waals surface area contributed by atoms with Crippen LogP contribution in [0.25, 0.3) is 0 Å². The highest BCUT2D eigenvalue weighted by Gasteiger charge is 2.55. The van der Waals surface area contributed by atoms with E-state index in [0.29, 0.717) is 18.4 Å². The van der Waals surface area contributed by atoms with Crippen LogP contribution >= 0.6 is 0 Å². The van der Waals surface area contributed by atoms with Crippen molar-refractivity contribution in [1.82, 2.24) is 5.32 Å². The first-order chi connectivity index (χ1) is 15.2. The van der Waals surface area contributed by atoms with Crippen LogP contribution in [-0.2, 0) is 16.0 Å². The van der Waals surface area contributed by atoms with E-state index >= 15 is 0 Å². The van der Waals surface area contributed by atoms with Gasteiger partial charge in [0.1, 0.15) is 12.4 Å². The maximum Gasteiger partial charge on any atom is 0.118 e. The van der Waals surface area contributed by atoms with Crippen LogP contribution in [0.15, 0.2) is 48.3 Å². The summed E-state index contributed by atoms with van der Waals surface area (Å²) in [4.78, 5) is 0. The predicted octanol–water partition coefficient (Wildman–Crippen LogP) is 6.28. The number of unbranched alkanes of at least 4 members (excludes halogenated alkanes) is 1. The summed E-state index contributed by atoms with van der Waals surface area (Å²) in [5.41, 5.74) is 3.79. The van der Waals surface area contributed by atoms with Gasteiger partial charge in [0.05, 0.1) is 19.6 Å². The maximum absolute atomic E-state index is 6.69. The van der Waals surface area contributed by atoms with E-state index < -0.39 is 0 Å². The molecule has 2 fully saturated rings. The fourth-order valence-electron chi connectivity index (χ4n) is 5.73. The Morgan fingerprint density at radius 1 is 1.19 bits per heavy atom. The average Bonchev–Trinajstić information content (AvgIpc) is 3.33. The number of hydrogen-bond donors (Lipinski definition) is 1.